The highest BCUT2D eigenvalue weighted by Crippen LogP contribution is 2.19. The van der Waals surface area contributed by atoms with Crippen molar-refractivity contribution in [3.63, 3.8) is 0 Å². The van der Waals surface area contributed by atoms with E-state index in [1.165, 1.54) is 0 Å². The maximum absolute atomic E-state index is 11.6. The molecule has 0 radical (unpaired) electrons. The molecule has 0 aliphatic rings. The molecular weight excluding hydrogens is 247 g/mol. The summed E-state index contributed by atoms with van der Waals surface area (Å²) in [5.41, 5.74) is 6.22. The topological polar surface area (TPSA) is 55.1 Å². The van der Waals surface area contributed by atoms with Gasteiger partial charge in [0.25, 0.3) is 0 Å². The molecule has 3 N–H and O–H groups in total. The highest BCUT2D eigenvalue weighted by atomic mass is 35.5. The third-order valence-electron chi connectivity index (χ3n) is 2.19. The molecule has 1 aromatic rings. The van der Waals surface area contributed by atoms with Gasteiger partial charge in [-0.3, -0.25) is 4.79 Å². The summed E-state index contributed by atoms with van der Waals surface area (Å²) in [6, 6.07) is 7.31. The van der Waals surface area contributed by atoms with Gasteiger partial charge in [0.2, 0.25) is 5.91 Å². The Morgan fingerprint density at radius 2 is 2.25 bits per heavy atom. The highest BCUT2D eigenvalue weighted by molar-refractivity contribution is 6.30. The highest BCUT2D eigenvalue weighted by Gasteiger charge is 2.14. The standard InChI is InChI=1S/C11H15ClN2O.ClH/c1-8(11(15)14-6-5-13)9-3-2-4-10(12)7-9;/h2-4,7-8H,5-6,13H2,1H3,(H,14,15);1H. The smallest absolute Gasteiger partial charge is 0.227 e. The largest absolute Gasteiger partial charge is 0.354 e. The molecule has 0 fully saturated rings. The van der Waals surface area contributed by atoms with Crippen LogP contribution in [0.3, 0.4) is 0 Å². The van der Waals surface area contributed by atoms with Gasteiger partial charge in [0.05, 0.1) is 5.92 Å². The number of amides is 1. The zero-order valence-electron chi connectivity index (χ0n) is 9.07. The molecule has 5 heteroatoms. The summed E-state index contributed by atoms with van der Waals surface area (Å²) in [6.07, 6.45) is 0. The molecule has 1 unspecified atom stereocenters. The summed E-state index contributed by atoms with van der Waals surface area (Å²) < 4.78 is 0. The molecule has 0 bridgehead atoms. The molecule has 0 aliphatic heterocycles. The van der Waals surface area contributed by atoms with Crippen molar-refractivity contribution in [1.82, 2.24) is 5.32 Å². The lowest BCUT2D eigenvalue weighted by atomic mass is 10.0. The van der Waals surface area contributed by atoms with E-state index in [0.717, 1.165) is 5.56 Å². The van der Waals surface area contributed by atoms with Gasteiger partial charge < -0.3 is 11.1 Å². The summed E-state index contributed by atoms with van der Waals surface area (Å²) in [5.74, 6) is -0.224. The zero-order chi connectivity index (χ0) is 11.3. The normalized spacial score (nSPS) is 11.4. The van der Waals surface area contributed by atoms with Crippen molar-refractivity contribution in [2.45, 2.75) is 12.8 Å². The quantitative estimate of drug-likeness (QED) is 0.872. The van der Waals surface area contributed by atoms with Crippen LogP contribution in [-0.4, -0.2) is 19.0 Å². The number of nitrogens with one attached hydrogen (secondary N) is 1. The van der Waals surface area contributed by atoms with Crippen LogP contribution in [0.5, 0.6) is 0 Å². The molecular formula is C11H16Cl2N2O. The van der Waals surface area contributed by atoms with E-state index in [1.807, 2.05) is 19.1 Å². The third kappa shape index (κ3) is 4.39. The van der Waals surface area contributed by atoms with E-state index < -0.39 is 0 Å². The number of nitrogens with two attached hydrogens (primary N) is 1. The number of halogens is 2. The molecule has 0 heterocycles. The Morgan fingerprint density at radius 1 is 1.56 bits per heavy atom. The van der Waals surface area contributed by atoms with E-state index in [1.54, 1.807) is 12.1 Å². The maximum atomic E-state index is 11.6. The molecule has 0 saturated carbocycles. The number of benzene rings is 1. The van der Waals surface area contributed by atoms with Gasteiger partial charge in [-0.05, 0) is 24.6 Å². The van der Waals surface area contributed by atoms with Crippen LogP contribution in [0.2, 0.25) is 5.02 Å². The first kappa shape index (κ1) is 15.2. The van der Waals surface area contributed by atoms with Crippen molar-refractivity contribution in [1.29, 1.82) is 0 Å². The van der Waals surface area contributed by atoms with Crippen molar-refractivity contribution in [3.8, 4) is 0 Å². The van der Waals surface area contributed by atoms with E-state index in [4.69, 9.17) is 17.3 Å². The van der Waals surface area contributed by atoms with Crippen molar-refractivity contribution in [2.24, 2.45) is 5.73 Å². The second-order valence-corrected chi connectivity index (χ2v) is 3.79. The molecule has 90 valence electrons. The molecule has 1 amide bonds. The van der Waals surface area contributed by atoms with Crippen LogP contribution in [0.25, 0.3) is 0 Å². The molecule has 3 nitrogen and oxygen atoms in total. The predicted octanol–water partition coefficient (Wildman–Crippen LogP) is 1.94. The molecule has 1 aromatic carbocycles. The van der Waals surface area contributed by atoms with Gasteiger partial charge in [-0.1, -0.05) is 23.7 Å². The average Bonchev–Trinajstić information content (AvgIpc) is 2.24. The number of carbonyl (C=O) groups is 1. The maximum Gasteiger partial charge on any atom is 0.227 e. The van der Waals surface area contributed by atoms with E-state index in [9.17, 15) is 4.79 Å². The minimum Gasteiger partial charge on any atom is -0.354 e. The van der Waals surface area contributed by atoms with Gasteiger partial charge in [0, 0.05) is 18.1 Å². The second kappa shape index (κ2) is 7.49. The molecule has 0 saturated heterocycles. The number of carbonyl (C=O) groups excluding carboxylic acids is 1. The van der Waals surface area contributed by atoms with Gasteiger partial charge in [-0.25, -0.2) is 0 Å². The zero-order valence-corrected chi connectivity index (χ0v) is 10.6. The monoisotopic (exact) mass is 262 g/mol. The van der Waals surface area contributed by atoms with Gasteiger partial charge in [0.15, 0.2) is 0 Å². The van der Waals surface area contributed by atoms with Gasteiger partial charge >= 0.3 is 0 Å². The lowest BCUT2D eigenvalue weighted by molar-refractivity contribution is -0.122. The molecule has 0 aliphatic carbocycles. The van der Waals surface area contributed by atoms with Crippen LogP contribution in [0.4, 0.5) is 0 Å². The molecule has 1 rings (SSSR count). The Balaban J connectivity index is 0.00000225. The van der Waals surface area contributed by atoms with E-state index in [0.29, 0.717) is 18.1 Å². The van der Waals surface area contributed by atoms with Gasteiger partial charge in [0.1, 0.15) is 0 Å². The summed E-state index contributed by atoms with van der Waals surface area (Å²) in [4.78, 5) is 11.6. The van der Waals surface area contributed by atoms with Crippen molar-refractivity contribution in [2.75, 3.05) is 13.1 Å². The Hall–Kier alpha value is -0.770. The second-order valence-electron chi connectivity index (χ2n) is 3.36. The third-order valence-corrected chi connectivity index (χ3v) is 2.42. The Bertz CT molecular complexity index is 345. The first-order chi connectivity index (χ1) is 7.15. The van der Waals surface area contributed by atoms with Gasteiger partial charge in [-0.15, -0.1) is 12.4 Å². The predicted molar refractivity (Wildman–Crippen MR) is 69.2 cm³/mol. The SMILES string of the molecule is CC(C(=O)NCCN)c1cccc(Cl)c1.Cl. The average molecular weight is 263 g/mol. The van der Waals surface area contributed by atoms with Crippen LogP contribution in [0.1, 0.15) is 18.4 Å². The summed E-state index contributed by atoms with van der Waals surface area (Å²) in [7, 11) is 0. The van der Waals surface area contributed by atoms with E-state index in [-0.39, 0.29) is 24.2 Å². The van der Waals surface area contributed by atoms with Crippen LogP contribution in [0.15, 0.2) is 24.3 Å². The van der Waals surface area contributed by atoms with Crippen LogP contribution >= 0.6 is 24.0 Å². The van der Waals surface area contributed by atoms with Gasteiger partial charge in [-0.2, -0.15) is 0 Å². The fourth-order valence-corrected chi connectivity index (χ4v) is 1.47. The summed E-state index contributed by atoms with van der Waals surface area (Å²) >= 11 is 5.85. The van der Waals surface area contributed by atoms with Crippen molar-refractivity contribution >= 4 is 29.9 Å². The fourth-order valence-electron chi connectivity index (χ4n) is 1.28. The first-order valence-corrected chi connectivity index (χ1v) is 5.26. The van der Waals surface area contributed by atoms with Crippen LogP contribution in [-0.2, 0) is 4.79 Å². The van der Waals surface area contributed by atoms with E-state index >= 15 is 0 Å². The van der Waals surface area contributed by atoms with Crippen molar-refractivity contribution < 1.29 is 4.79 Å². The number of hydrogen-bond donors (Lipinski definition) is 2. The van der Waals surface area contributed by atoms with Crippen LogP contribution < -0.4 is 11.1 Å². The Morgan fingerprint density at radius 3 is 2.81 bits per heavy atom. The van der Waals surface area contributed by atoms with E-state index in [2.05, 4.69) is 5.32 Å². The Labute approximate surface area is 107 Å². The summed E-state index contributed by atoms with van der Waals surface area (Å²) in [5, 5.41) is 3.39. The number of rotatable bonds is 4. The molecule has 1 atom stereocenters. The lowest BCUT2D eigenvalue weighted by Crippen LogP contribution is -2.32. The summed E-state index contributed by atoms with van der Waals surface area (Å²) in [6.45, 7) is 2.80. The molecule has 0 aromatic heterocycles. The molecule has 16 heavy (non-hydrogen) atoms. The number of hydrogen-bond acceptors (Lipinski definition) is 2. The molecule has 0 spiro atoms. The lowest BCUT2D eigenvalue weighted by Gasteiger charge is -2.12. The fraction of sp³-hybridized carbons (Fsp3) is 0.364. The van der Waals surface area contributed by atoms with Crippen LogP contribution in [0, 0.1) is 0 Å². The van der Waals surface area contributed by atoms with Crippen molar-refractivity contribution in [3.05, 3.63) is 34.9 Å². The minimum absolute atomic E-state index is 0. The Kier molecular flexibility index (Phi) is 7.13. The minimum atomic E-state index is -0.199. The first-order valence-electron chi connectivity index (χ1n) is 4.88.